The molecule has 0 bridgehead atoms. The first-order chi connectivity index (χ1) is 8.66. The molecule has 0 aliphatic rings. The first-order valence-electron chi connectivity index (χ1n) is 6.15. The second-order valence-electron chi connectivity index (χ2n) is 4.61. The van der Waals surface area contributed by atoms with Gasteiger partial charge in [0.2, 0.25) is 0 Å². The first-order valence-corrected chi connectivity index (χ1v) is 6.53. The van der Waals surface area contributed by atoms with Crippen molar-refractivity contribution in [3.63, 3.8) is 0 Å². The second-order valence-corrected chi connectivity index (χ2v) is 5.14. The van der Waals surface area contributed by atoms with Gasteiger partial charge >= 0.3 is 0 Å². The predicted molar refractivity (Wildman–Crippen MR) is 79.9 cm³/mol. The van der Waals surface area contributed by atoms with Crippen LogP contribution in [0.25, 0.3) is 11.1 Å². The Balaban J connectivity index is 2.18. The second kappa shape index (κ2) is 5.88. The lowest BCUT2D eigenvalue weighted by atomic mass is 9.95. The van der Waals surface area contributed by atoms with E-state index in [0.29, 0.717) is 5.92 Å². The van der Waals surface area contributed by atoms with E-state index in [0.717, 1.165) is 11.5 Å². The summed E-state index contributed by atoms with van der Waals surface area (Å²) < 4.78 is 0. The molecule has 0 heterocycles. The van der Waals surface area contributed by atoms with Crippen molar-refractivity contribution in [1.29, 1.82) is 0 Å². The predicted octanol–water partition coefficient (Wildman–Crippen LogP) is 5.60. The molecule has 2 aromatic carbocycles. The maximum absolute atomic E-state index is 5.86. The van der Waals surface area contributed by atoms with Crippen LogP contribution in [-0.2, 0) is 0 Å². The summed E-state index contributed by atoms with van der Waals surface area (Å²) in [5.41, 5.74) is 3.80. The number of allylic oxidation sites excluding steroid dienone is 1. The van der Waals surface area contributed by atoms with Crippen molar-refractivity contribution >= 4 is 11.6 Å². The molecule has 0 spiro atoms. The zero-order valence-electron chi connectivity index (χ0n) is 10.6. The van der Waals surface area contributed by atoms with Gasteiger partial charge in [0, 0.05) is 5.03 Å². The molecule has 1 atom stereocenters. The van der Waals surface area contributed by atoms with Crippen LogP contribution in [0.4, 0.5) is 0 Å². The van der Waals surface area contributed by atoms with E-state index in [1.54, 1.807) is 0 Å². The van der Waals surface area contributed by atoms with Gasteiger partial charge in [-0.25, -0.2) is 0 Å². The molecular formula is C17H17Cl. The lowest BCUT2D eigenvalue weighted by Crippen LogP contribution is -1.93. The molecule has 1 heteroatoms. The van der Waals surface area contributed by atoms with Crippen LogP contribution >= 0.6 is 11.6 Å². The summed E-state index contributed by atoms with van der Waals surface area (Å²) in [7, 11) is 0. The third kappa shape index (κ3) is 3.24. The Labute approximate surface area is 114 Å². The molecule has 0 aliphatic heterocycles. The molecule has 0 unspecified atom stereocenters. The van der Waals surface area contributed by atoms with Crippen LogP contribution in [0.15, 0.2) is 66.2 Å². The van der Waals surface area contributed by atoms with Crippen molar-refractivity contribution in [3.8, 4) is 11.1 Å². The lowest BCUT2D eigenvalue weighted by Gasteiger charge is -2.11. The smallest absolute Gasteiger partial charge is 0.0115 e. The monoisotopic (exact) mass is 256 g/mol. The van der Waals surface area contributed by atoms with Gasteiger partial charge in [0.15, 0.2) is 0 Å². The normalized spacial score (nSPS) is 12.1. The number of halogens is 1. The van der Waals surface area contributed by atoms with Crippen molar-refractivity contribution in [2.24, 2.45) is 0 Å². The van der Waals surface area contributed by atoms with E-state index in [9.17, 15) is 0 Å². The van der Waals surface area contributed by atoms with Crippen molar-refractivity contribution < 1.29 is 0 Å². The summed E-state index contributed by atoms with van der Waals surface area (Å²) in [4.78, 5) is 0. The molecule has 0 aromatic heterocycles. The Bertz CT molecular complexity index is 511. The van der Waals surface area contributed by atoms with Gasteiger partial charge in [-0.3, -0.25) is 0 Å². The minimum atomic E-state index is 0.417. The van der Waals surface area contributed by atoms with Crippen LogP contribution < -0.4 is 0 Å². The Morgan fingerprint density at radius 2 is 1.56 bits per heavy atom. The fraction of sp³-hybridized carbons (Fsp3) is 0.176. The highest BCUT2D eigenvalue weighted by Gasteiger charge is 2.06. The van der Waals surface area contributed by atoms with E-state index in [-0.39, 0.29) is 0 Å². The van der Waals surface area contributed by atoms with Gasteiger partial charge in [-0.05, 0) is 29.0 Å². The minimum Gasteiger partial charge on any atom is -0.0898 e. The van der Waals surface area contributed by atoms with E-state index >= 15 is 0 Å². The van der Waals surface area contributed by atoms with Crippen LogP contribution in [0.2, 0.25) is 0 Å². The molecule has 0 radical (unpaired) electrons. The van der Waals surface area contributed by atoms with E-state index in [1.165, 1.54) is 16.7 Å². The van der Waals surface area contributed by atoms with Crippen molar-refractivity contribution in [1.82, 2.24) is 0 Å². The van der Waals surface area contributed by atoms with Crippen molar-refractivity contribution in [2.45, 2.75) is 19.3 Å². The van der Waals surface area contributed by atoms with Crippen molar-refractivity contribution in [2.75, 3.05) is 0 Å². The molecule has 92 valence electrons. The summed E-state index contributed by atoms with van der Waals surface area (Å²) in [5, 5.41) is 0.717. The summed E-state index contributed by atoms with van der Waals surface area (Å²) in [5.74, 6) is 0.417. The fourth-order valence-electron chi connectivity index (χ4n) is 2.08. The topological polar surface area (TPSA) is 0 Å². The Hall–Kier alpha value is -1.53. The van der Waals surface area contributed by atoms with Crippen LogP contribution in [-0.4, -0.2) is 0 Å². The third-order valence-electron chi connectivity index (χ3n) is 3.11. The zero-order valence-corrected chi connectivity index (χ0v) is 11.3. The number of rotatable bonds is 4. The van der Waals surface area contributed by atoms with E-state index in [2.05, 4.69) is 62.0 Å². The highest BCUT2D eigenvalue weighted by Crippen LogP contribution is 2.26. The molecule has 0 saturated heterocycles. The minimum absolute atomic E-state index is 0.417. The van der Waals surface area contributed by atoms with E-state index < -0.39 is 0 Å². The van der Waals surface area contributed by atoms with Crippen LogP contribution in [0.1, 0.15) is 24.8 Å². The molecular weight excluding hydrogens is 240 g/mol. The molecule has 0 amide bonds. The average Bonchev–Trinajstić information content (AvgIpc) is 2.39. The summed E-state index contributed by atoms with van der Waals surface area (Å²) >= 11 is 5.86. The van der Waals surface area contributed by atoms with Gasteiger partial charge in [-0.2, -0.15) is 0 Å². The van der Waals surface area contributed by atoms with Crippen LogP contribution in [0.3, 0.4) is 0 Å². The summed E-state index contributed by atoms with van der Waals surface area (Å²) in [6.45, 7) is 5.92. The molecule has 0 nitrogen and oxygen atoms in total. The maximum Gasteiger partial charge on any atom is 0.0115 e. The number of benzene rings is 2. The molecule has 2 aromatic rings. The molecule has 18 heavy (non-hydrogen) atoms. The first kappa shape index (κ1) is 12.9. The Kier molecular flexibility index (Phi) is 4.22. The van der Waals surface area contributed by atoms with Gasteiger partial charge in [-0.15, -0.1) is 0 Å². The zero-order chi connectivity index (χ0) is 13.0. The van der Waals surface area contributed by atoms with Gasteiger partial charge < -0.3 is 0 Å². The SMILES string of the molecule is C=C(Cl)C[C@@H](C)c1ccc(-c2ccccc2)cc1. The maximum atomic E-state index is 5.86. The molecule has 0 fully saturated rings. The standard InChI is InChI=1S/C17H17Cl/c1-13(12-14(2)18)15-8-10-17(11-9-15)16-6-4-3-5-7-16/h3-11,13H,2,12H2,1H3/t13-/m1/s1. The van der Waals surface area contributed by atoms with E-state index in [1.807, 2.05) is 6.07 Å². The van der Waals surface area contributed by atoms with E-state index in [4.69, 9.17) is 11.6 Å². The quantitative estimate of drug-likeness (QED) is 0.668. The van der Waals surface area contributed by atoms with Gasteiger partial charge in [0.1, 0.15) is 0 Å². The average molecular weight is 257 g/mol. The highest BCUT2D eigenvalue weighted by atomic mass is 35.5. The van der Waals surface area contributed by atoms with Gasteiger partial charge in [0.05, 0.1) is 0 Å². The molecule has 0 N–H and O–H groups in total. The highest BCUT2D eigenvalue weighted by molar-refractivity contribution is 6.29. The number of hydrogen-bond donors (Lipinski definition) is 0. The lowest BCUT2D eigenvalue weighted by molar-refractivity contribution is 0.774. The summed E-state index contributed by atoms with van der Waals surface area (Å²) in [6, 6.07) is 19.1. The van der Waals surface area contributed by atoms with Gasteiger partial charge in [0.25, 0.3) is 0 Å². The molecule has 2 rings (SSSR count). The Morgan fingerprint density at radius 3 is 2.11 bits per heavy atom. The molecule has 0 saturated carbocycles. The summed E-state index contributed by atoms with van der Waals surface area (Å²) in [6.07, 6.45) is 0.826. The largest absolute Gasteiger partial charge is 0.0898 e. The van der Waals surface area contributed by atoms with Crippen LogP contribution in [0, 0.1) is 0 Å². The van der Waals surface area contributed by atoms with Gasteiger partial charge in [-0.1, -0.05) is 79.7 Å². The Morgan fingerprint density at radius 1 is 1.00 bits per heavy atom. The third-order valence-corrected chi connectivity index (χ3v) is 3.27. The van der Waals surface area contributed by atoms with Crippen molar-refractivity contribution in [3.05, 3.63) is 71.8 Å². The fourth-order valence-corrected chi connectivity index (χ4v) is 2.32. The van der Waals surface area contributed by atoms with Crippen LogP contribution in [0.5, 0.6) is 0 Å². The molecule has 0 aliphatic carbocycles. The number of hydrogen-bond acceptors (Lipinski definition) is 0.